The molecule has 4 rings (SSSR count). The van der Waals surface area contributed by atoms with E-state index in [9.17, 15) is 26.4 Å². The summed E-state index contributed by atoms with van der Waals surface area (Å²) >= 11 is 3.02. The molecular weight excluding hydrogens is 529 g/mol. The highest BCUT2D eigenvalue weighted by molar-refractivity contribution is 9.10. The van der Waals surface area contributed by atoms with Gasteiger partial charge >= 0.3 is 6.18 Å². The van der Waals surface area contributed by atoms with Crippen LogP contribution in [0, 0.1) is 6.92 Å². The Morgan fingerprint density at radius 1 is 1.18 bits per heavy atom. The fraction of sp³-hybridized carbons (Fsp3) is 0.632. The van der Waals surface area contributed by atoms with Gasteiger partial charge in [0.1, 0.15) is 11.4 Å². The topological polar surface area (TPSA) is 93.3 Å². The van der Waals surface area contributed by atoms with E-state index in [2.05, 4.69) is 26.1 Å². The predicted octanol–water partition coefficient (Wildman–Crippen LogP) is 2.60. The zero-order valence-electron chi connectivity index (χ0n) is 18.1. The van der Waals surface area contributed by atoms with Gasteiger partial charge in [-0.3, -0.25) is 14.2 Å². The van der Waals surface area contributed by atoms with Gasteiger partial charge in [-0.05, 0) is 42.6 Å². The lowest BCUT2D eigenvalue weighted by Crippen LogP contribution is -2.51. The van der Waals surface area contributed by atoms with Gasteiger partial charge in [-0.15, -0.1) is 0 Å². The maximum Gasteiger partial charge on any atom is 0.436 e. The van der Waals surface area contributed by atoms with Crippen LogP contribution >= 0.6 is 15.9 Å². The SMILES string of the molecule is CCn1cc(S(=O)(=O)N2CCN(C(=O)Cn3nc(C(F)(F)F)c(Br)c3C3CC3)CC2)c(C)n1. The molecule has 0 spiro atoms. The highest BCUT2D eigenvalue weighted by Gasteiger charge is 2.42. The van der Waals surface area contributed by atoms with E-state index in [0.717, 1.165) is 17.5 Å². The Hall–Kier alpha value is -1.93. The Morgan fingerprint density at radius 2 is 1.82 bits per heavy atom. The summed E-state index contributed by atoms with van der Waals surface area (Å²) < 4.78 is 69.8. The Balaban J connectivity index is 1.45. The first-order chi connectivity index (χ1) is 15.4. The van der Waals surface area contributed by atoms with Crippen LogP contribution in [0.25, 0.3) is 0 Å². The molecule has 0 aromatic carbocycles. The van der Waals surface area contributed by atoms with Crippen molar-refractivity contribution < 1.29 is 26.4 Å². The second-order valence-electron chi connectivity index (χ2n) is 8.20. The fourth-order valence-electron chi connectivity index (χ4n) is 3.96. The van der Waals surface area contributed by atoms with Crippen molar-refractivity contribution in [3.8, 4) is 0 Å². The van der Waals surface area contributed by atoms with E-state index in [1.54, 1.807) is 11.6 Å². The van der Waals surface area contributed by atoms with Crippen LogP contribution in [-0.2, 0) is 34.1 Å². The summed E-state index contributed by atoms with van der Waals surface area (Å²) in [6.07, 6.45) is -1.63. The third kappa shape index (κ3) is 4.69. The Kier molecular flexibility index (Phi) is 6.37. The number of halogens is 4. The van der Waals surface area contributed by atoms with Crippen molar-refractivity contribution in [2.75, 3.05) is 26.2 Å². The molecule has 1 amide bonds. The number of aromatic nitrogens is 4. The first-order valence-electron chi connectivity index (χ1n) is 10.6. The lowest BCUT2D eigenvalue weighted by atomic mass is 10.2. The summed E-state index contributed by atoms with van der Waals surface area (Å²) in [5.74, 6) is -0.447. The van der Waals surface area contributed by atoms with Crippen molar-refractivity contribution in [3.63, 3.8) is 0 Å². The van der Waals surface area contributed by atoms with Crippen molar-refractivity contribution in [2.24, 2.45) is 0 Å². The summed E-state index contributed by atoms with van der Waals surface area (Å²) in [5.41, 5.74) is -0.232. The van der Waals surface area contributed by atoms with Gasteiger partial charge in [-0.2, -0.15) is 27.7 Å². The van der Waals surface area contributed by atoms with Gasteiger partial charge < -0.3 is 4.90 Å². The number of alkyl halides is 3. The van der Waals surface area contributed by atoms with Crippen LogP contribution in [0.1, 0.15) is 42.8 Å². The summed E-state index contributed by atoms with van der Waals surface area (Å²) in [6.45, 7) is 4.19. The molecule has 0 atom stereocenters. The molecule has 2 aromatic rings. The summed E-state index contributed by atoms with van der Waals surface area (Å²) in [7, 11) is -3.76. The fourth-order valence-corrected chi connectivity index (χ4v) is 6.39. The minimum absolute atomic E-state index is 0.0509. The average Bonchev–Trinajstić information content (AvgIpc) is 3.42. The first kappa shape index (κ1) is 24.2. The van der Waals surface area contributed by atoms with E-state index < -0.39 is 27.8 Å². The van der Waals surface area contributed by atoms with Crippen molar-refractivity contribution in [3.05, 3.63) is 27.8 Å². The molecule has 182 valence electrons. The van der Waals surface area contributed by atoms with E-state index in [0.29, 0.717) is 17.9 Å². The molecule has 1 aliphatic carbocycles. The van der Waals surface area contributed by atoms with Crippen LogP contribution in [0.2, 0.25) is 0 Å². The van der Waals surface area contributed by atoms with Gasteiger partial charge in [-0.1, -0.05) is 0 Å². The summed E-state index contributed by atoms with van der Waals surface area (Å²) in [5, 5.41) is 7.86. The van der Waals surface area contributed by atoms with Crippen LogP contribution in [0.5, 0.6) is 0 Å². The number of carbonyl (C=O) groups excluding carboxylic acids is 1. The molecule has 2 aromatic heterocycles. The maximum absolute atomic E-state index is 13.3. The Bertz CT molecular complexity index is 1160. The van der Waals surface area contributed by atoms with E-state index >= 15 is 0 Å². The molecule has 1 saturated heterocycles. The normalized spacial score (nSPS) is 18.2. The van der Waals surface area contributed by atoms with Crippen molar-refractivity contribution in [1.82, 2.24) is 28.8 Å². The highest BCUT2D eigenvalue weighted by Crippen LogP contribution is 2.47. The third-order valence-corrected chi connectivity index (χ3v) is 8.67. The molecule has 0 unspecified atom stereocenters. The average molecular weight is 553 g/mol. The lowest BCUT2D eigenvalue weighted by molar-refractivity contribution is -0.142. The van der Waals surface area contributed by atoms with Crippen molar-refractivity contribution >= 4 is 31.9 Å². The number of hydrogen-bond donors (Lipinski definition) is 0. The lowest BCUT2D eigenvalue weighted by Gasteiger charge is -2.34. The minimum Gasteiger partial charge on any atom is -0.338 e. The molecule has 0 radical (unpaired) electrons. The predicted molar refractivity (Wildman–Crippen MR) is 115 cm³/mol. The maximum atomic E-state index is 13.3. The van der Waals surface area contributed by atoms with Gasteiger partial charge in [-0.25, -0.2) is 8.42 Å². The zero-order chi connectivity index (χ0) is 24.1. The smallest absolute Gasteiger partial charge is 0.338 e. The number of rotatable bonds is 6. The molecule has 1 aliphatic heterocycles. The van der Waals surface area contributed by atoms with Crippen LogP contribution in [0.15, 0.2) is 15.6 Å². The molecule has 3 heterocycles. The van der Waals surface area contributed by atoms with Crippen molar-refractivity contribution in [1.29, 1.82) is 0 Å². The molecular formula is C19H24BrF3N6O3S. The molecule has 33 heavy (non-hydrogen) atoms. The number of amides is 1. The van der Waals surface area contributed by atoms with Crippen LogP contribution in [0.4, 0.5) is 13.2 Å². The van der Waals surface area contributed by atoms with E-state index in [4.69, 9.17) is 0 Å². The number of sulfonamides is 1. The number of aryl methyl sites for hydroxylation is 2. The zero-order valence-corrected chi connectivity index (χ0v) is 20.5. The van der Waals surface area contributed by atoms with E-state index in [-0.39, 0.29) is 48.0 Å². The molecule has 2 aliphatic rings. The van der Waals surface area contributed by atoms with Crippen LogP contribution in [0.3, 0.4) is 0 Å². The van der Waals surface area contributed by atoms with Gasteiger partial charge in [0.2, 0.25) is 15.9 Å². The molecule has 1 saturated carbocycles. The van der Waals surface area contributed by atoms with E-state index in [1.807, 2.05) is 6.92 Å². The van der Waals surface area contributed by atoms with E-state index in [1.165, 1.54) is 15.4 Å². The minimum atomic E-state index is -4.62. The van der Waals surface area contributed by atoms with Gasteiger partial charge in [0.25, 0.3) is 0 Å². The highest BCUT2D eigenvalue weighted by atomic mass is 79.9. The molecule has 2 fully saturated rings. The number of carbonyl (C=O) groups is 1. The Morgan fingerprint density at radius 3 is 2.33 bits per heavy atom. The van der Waals surface area contributed by atoms with Gasteiger partial charge in [0, 0.05) is 44.8 Å². The second kappa shape index (κ2) is 8.69. The summed E-state index contributed by atoms with van der Waals surface area (Å²) in [6, 6.07) is 0. The monoisotopic (exact) mass is 552 g/mol. The Labute approximate surface area is 197 Å². The van der Waals surface area contributed by atoms with Gasteiger partial charge in [0.05, 0.1) is 15.9 Å². The standard InChI is InChI=1S/C19H24BrF3N6O3S/c1-3-27-10-14(12(2)24-27)33(31,32)28-8-6-26(7-9-28)15(30)11-29-17(13-4-5-13)16(20)18(25-29)19(21,22)23/h10,13H,3-9,11H2,1-2H3. The molecule has 0 N–H and O–H groups in total. The largest absolute Gasteiger partial charge is 0.436 e. The molecule has 9 nitrogen and oxygen atoms in total. The van der Waals surface area contributed by atoms with Crippen LogP contribution < -0.4 is 0 Å². The number of piperazine rings is 1. The quantitative estimate of drug-likeness (QED) is 0.549. The first-order valence-corrected chi connectivity index (χ1v) is 12.8. The molecule has 0 bridgehead atoms. The number of nitrogens with zero attached hydrogens (tertiary/aromatic N) is 6. The third-order valence-electron chi connectivity index (χ3n) is 5.88. The van der Waals surface area contributed by atoms with Crippen LogP contribution in [-0.4, -0.2) is 69.3 Å². The molecule has 14 heteroatoms. The van der Waals surface area contributed by atoms with Crippen molar-refractivity contribution in [2.45, 2.75) is 56.8 Å². The second-order valence-corrected chi connectivity index (χ2v) is 10.9. The number of hydrogen-bond acceptors (Lipinski definition) is 5. The van der Waals surface area contributed by atoms with Gasteiger partial charge in [0.15, 0.2) is 5.69 Å². The summed E-state index contributed by atoms with van der Waals surface area (Å²) in [4.78, 5) is 14.4.